The van der Waals surface area contributed by atoms with Crippen LogP contribution in [-0.4, -0.2) is 19.1 Å². The van der Waals surface area contributed by atoms with Crippen LogP contribution in [0.3, 0.4) is 0 Å². The Kier molecular flexibility index (Phi) is 6.06. The van der Waals surface area contributed by atoms with E-state index in [1.54, 1.807) is 0 Å². The number of esters is 1. The molecule has 1 N–H and O–H groups in total. The van der Waals surface area contributed by atoms with E-state index < -0.39 is 0 Å². The second-order valence-corrected chi connectivity index (χ2v) is 5.62. The molecule has 1 aliphatic rings. The van der Waals surface area contributed by atoms with E-state index >= 15 is 0 Å². The predicted octanol–water partition coefficient (Wildman–Crippen LogP) is 3.29. The standard InChI is InChI=1S/C17H25NO2/c1-20-17(19)16(15-11-7-2-3-8-12-15)18-13-14-9-5-4-6-10-14/h4-6,9-10,15-16,18H,2-3,7-8,11-13H2,1H3. The lowest BCUT2D eigenvalue weighted by molar-refractivity contribution is -0.144. The largest absolute Gasteiger partial charge is 0.468 e. The van der Waals surface area contributed by atoms with Crippen molar-refractivity contribution < 1.29 is 9.53 Å². The van der Waals surface area contributed by atoms with Gasteiger partial charge in [0.05, 0.1) is 7.11 Å². The molecule has 0 aliphatic heterocycles. The molecule has 3 heteroatoms. The molecule has 1 saturated carbocycles. The molecule has 0 saturated heterocycles. The van der Waals surface area contributed by atoms with Gasteiger partial charge in [0.15, 0.2) is 0 Å². The van der Waals surface area contributed by atoms with Gasteiger partial charge in [-0.3, -0.25) is 4.79 Å². The first kappa shape index (κ1) is 15.0. The Hall–Kier alpha value is -1.35. The maximum Gasteiger partial charge on any atom is 0.323 e. The monoisotopic (exact) mass is 275 g/mol. The van der Waals surface area contributed by atoms with Gasteiger partial charge in [-0.05, 0) is 24.3 Å². The first-order chi connectivity index (χ1) is 9.81. The molecule has 2 rings (SSSR count). The summed E-state index contributed by atoms with van der Waals surface area (Å²) in [5.41, 5.74) is 1.20. The SMILES string of the molecule is COC(=O)C(NCc1ccccc1)C1CCCCCC1. The predicted molar refractivity (Wildman–Crippen MR) is 80.3 cm³/mol. The van der Waals surface area contributed by atoms with Crippen LogP contribution in [0, 0.1) is 5.92 Å². The average Bonchev–Trinajstić information content (AvgIpc) is 2.77. The van der Waals surface area contributed by atoms with Crippen LogP contribution < -0.4 is 5.32 Å². The number of hydrogen-bond acceptors (Lipinski definition) is 3. The van der Waals surface area contributed by atoms with Crippen LogP contribution in [0.15, 0.2) is 30.3 Å². The fraction of sp³-hybridized carbons (Fsp3) is 0.588. The van der Waals surface area contributed by atoms with Gasteiger partial charge in [0, 0.05) is 6.54 Å². The highest BCUT2D eigenvalue weighted by Gasteiger charge is 2.29. The molecule has 0 aromatic heterocycles. The van der Waals surface area contributed by atoms with Crippen LogP contribution in [0.4, 0.5) is 0 Å². The summed E-state index contributed by atoms with van der Waals surface area (Å²) in [6.45, 7) is 0.719. The van der Waals surface area contributed by atoms with Crippen molar-refractivity contribution in [3.05, 3.63) is 35.9 Å². The highest BCUT2D eigenvalue weighted by Crippen LogP contribution is 2.26. The quantitative estimate of drug-likeness (QED) is 0.662. The van der Waals surface area contributed by atoms with E-state index in [4.69, 9.17) is 4.74 Å². The van der Waals surface area contributed by atoms with Crippen molar-refractivity contribution in [3.63, 3.8) is 0 Å². The molecule has 0 bridgehead atoms. The third kappa shape index (κ3) is 4.34. The van der Waals surface area contributed by atoms with Crippen molar-refractivity contribution in [3.8, 4) is 0 Å². The van der Waals surface area contributed by atoms with Gasteiger partial charge < -0.3 is 10.1 Å². The van der Waals surface area contributed by atoms with Gasteiger partial charge in [-0.1, -0.05) is 56.0 Å². The normalized spacial score (nSPS) is 18.2. The lowest BCUT2D eigenvalue weighted by Crippen LogP contribution is -2.43. The fourth-order valence-electron chi connectivity index (χ4n) is 3.04. The molecule has 1 aromatic rings. The minimum atomic E-state index is -0.168. The first-order valence-electron chi connectivity index (χ1n) is 7.66. The van der Waals surface area contributed by atoms with E-state index in [0.717, 1.165) is 19.4 Å². The zero-order valence-corrected chi connectivity index (χ0v) is 12.3. The minimum absolute atomic E-state index is 0.118. The van der Waals surface area contributed by atoms with Gasteiger partial charge in [0.2, 0.25) is 0 Å². The third-order valence-corrected chi connectivity index (χ3v) is 4.20. The van der Waals surface area contributed by atoms with E-state index in [0.29, 0.717) is 5.92 Å². The Morgan fingerprint density at radius 2 is 1.85 bits per heavy atom. The summed E-state index contributed by atoms with van der Waals surface area (Å²) in [4.78, 5) is 12.1. The molecule has 0 heterocycles. The number of methoxy groups -OCH3 is 1. The lowest BCUT2D eigenvalue weighted by Gasteiger charge is -2.25. The fourth-order valence-corrected chi connectivity index (χ4v) is 3.04. The summed E-state index contributed by atoms with van der Waals surface area (Å²) in [6, 6.07) is 10.0. The molecule has 0 radical (unpaired) electrons. The Labute approximate surface area is 121 Å². The van der Waals surface area contributed by atoms with E-state index in [9.17, 15) is 4.79 Å². The zero-order valence-electron chi connectivity index (χ0n) is 12.3. The molecule has 1 unspecified atom stereocenters. The molecule has 0 spiro atoms. The number of rotatable bonds is 5. The Balaban J connectivity index is 1.97. The average molecular weight is 275 g/mol. The van der Waals surface area contributed by atoms with Crippen LogP contribution in [0.2, 0.25) is 0 Å². The van der Waals surface area contributed by atoms with Crippen LogP contribution in [0.1, 0.15) is 44.1 Å². The molecule has 1 aromatic carbocycles. The summed E-state index contributed by atoms with van der Waals surface area (Å²) in [6.07, 6.45) is 7.30. The van der Waals surface area contributed by atoms with E-state index in [-0.39, 0.29) is 12.0 Å². The molecule has 1 fully saturated rings. The smallest absolute Gasteiger partial charge is 0.323 e. The van der Waals surface area contributed by atoms with Crippen LogP contribution >= 0.6 is 0 Å². The van der Waals surface area contributed by atoms with E-state index in [2.05, 4.69) is 17.4 Å². The van der Waals surface area contributed by atoms with Gasteiger partial charge in [0.1, 0.15) is 6.04 Å². The molecule has 3 nitrogen and oxygen atoms in total. The second kappa shape index (κ2) is 8.05. The number of carbonyl (C=O) groups excluding carboxylic acids is 1. The highest BCUT2D eigenvalue weighted by molar-refractivity contribution is 5.76. The zero-order chi connectivity index (χ0) is 14.2. The molecular formula is C17H25NO2. The van der Waals surface area contributed by atoms with Crippen LogP contribution in [-0.2, 0) is 16.1 Å². The third-order valence-electron chi connectivity index (χ3n) is 4.20. The van der Waals surface area contributed by atoms with Gasteiger partial charge >= 0.3 is 5.97 Å². The van der Waals surface area contributed by atoms with E-state index in [1.807, 2.05) is 18.2 Å². The minimum Gasteiger partial charge on any atom is -0.468 e. The van der Waals surface area contributed by atoms with Gasteiger partial charge in [-0.25, -0.2) is 0 Å². The maximum atomic E-state index is 12.1. The molecule has 0 amide bonds. The van der Waals surface area contributed by atoms with Crippen molar-refractivity contribution in [2.24, 2.45) is 5.92 Å². The topological polar surface area (TPSA) is 38.3 Å². The Morgan fingerprint density at radius 1 is 1.20 bits per heavy atom. The van der Waals surface area contributed by atoms with E-state index in [1.165, 1.54) is 38.4 Å². The summed E-state index contributed by atoms with van der Waals surface area (Å²) in [5, 5.41) is 3.41. The number of nitrogens with one attached hydrogen (secondary N) is 1. The molecule has 1 aliphatic carbocycles. The van der Waals surface area contributed by atoms with Crippen LogP contribution in [0.25, 0.3) is 0 Å². The maximum absolute atomic E-state index is 12.1. The van der Waals surface area contributed by atoms with Crippen molar-refractivity contribution in [2.75, 3.05) is 7.11 Å². The van der Waals surface area contributed by atoms with Gasteiger partial charge in [-0.2, -0.15) is 0 Å². The number of hydrogen-bond donors (Lipinski definition) is 1. The van der Waals surface area contributed by atoms with Gasteiger partial charge in [0.25, 0.3) is 0 Å². The molecule has 110 valence electrons. The second-order valence-electron chi connectivity index (χ2n) is 5.62. The summed E-state index contributed by atoms with van der Waals surface area (Å²) in [7, 11) is 1.48. The summed E-state index contributed by atoms with van der Waals surface area (Å²) < 4.78 is 4.99. The number of benzene rings is 1. The molecule has 1 atom stereocenters. The summed E-state index contributed by atoms with van der Waals surface area (Å²) >= 11 is 0. The Bertz CT molecular complexity index is 397. The van der Waals surface area contributed by atoms with Crippen molar-refractivity contribution in [2.45, 2.75) is 51.1 Å². The van der Waals surface area contributed by atoms with Crippen LogP contribution in [0.5, 0.6) is 0 Å². The number of carbonyl (C=O) groups is 1. The first-order valence-corrected chi connectivity index (χ1v) is 7.66. The van der Waals surface area contributed by atoms with Crippen molar-refractivity contribution >= 4 is 5.97 Å². The highest BCUT2D eigenvalue weighted by atomic mass is 16.5. The Morgan fingerprint density at radius 3 is 2.45 bits per heavy atom. The van der Waals surface area contributed by atoms with Gasteiger partial charge in [-0.15, -0.1) is 0 Å². The lowest BCUT2D eigenvalue weighted by atomic mass is 9.91. The summed E-state index contributed by atoms with van der Waals surface area (Å²) in [5.74, 6) is 0.293. The van der Waals surface area contributed by atoms with Crippen molar-refractivity contribution in [1.29, 1.82) is 0 Å². The van der Waals surface area contributed by atoms with Crippen molar-refractivity contribution in [1.82, 2.24) is 5.32 Å². The molecular weight excluding hydrogens is 250 g/mol. The molecule has 20 heavy (non-hydrogen) atoms. The number of ether oxygens (including phenoxy) is 1.